The highest BCUT2D eigenvalue weighted by molar-refractivity contribution is 5.80. The van der Waals surface area contributed by atoms with Gasteiger partial charge in [0.25, 0.3) is 5.91 Å². The van der Waals surface area contributed by atoms with Crippen molar-refractivity contribution in [2.45, 2.75) is 33.3 Å². The largest absolute Gasteiger partial charge is 0.481 e. The molecule has 1 N–H and O–H groups in total. The van der Waals surface area contributed by atoms with E-state index in [4.69, 9.17) is 9.47 Å². The van der Waals surface area contributed by atoms with E-state index >= 15 is 0 Å². The van der Waals surface area contributed by atoms with Crippen LogP contribution in [-0.2, 0) is 9.53 Å². The van der Waals surface area contributed by atoms with Crippen LogP contribution in [0.25, 0.3) is 0 Å². The Balaban J connectivity index is 1.69. The van der Waals surface area contributed by atoms with Crippen LogP contribution in [-0.4, -0.2) is 56.3 Å². The number of carbonyl (C=O) groups excluding carboxylic acids is 1. The summed E-state index contributed by atoms with van der Waals surface area (Å²) in [7, 11) is 0. The second-order valence-electron chi connectivity index (χ2n) is 6.13. The van der Waals surface area contributed by atoms with Gasteiger partial charge in [-0.1, -0.05) is 12.1 Å². The zero-order chi connectivity index (χ0) is 16.7. The quantitative estimate of drug-likeness (QED) is 0.780. The smallest absolute Gasteiger partial charge is 0.260 e. The van der Waals surface area contributed by atoms with Gasteiger partial charge in [-0.15, -0.1) is 0 Å². The molecular weight excluding hydrogens is 292 g/mol. The lowest BCUT2D eigenvalue weighted by molar-refractivity contribution is -0.127. The van der Waals surface area contributed by atoms with Gasteiger partial charge in [0, 0.05) is 19.6 Å². The molecule has 0 unspecified atom stereocenters. The fourth-order valence-electron chi connectivity index (χ4n) is 2.56. The van der Waals surface area contributed by atoms with E-state index in [0.717, 1.165) is 56.1 Å². The number of carbonyl (C=O) groups is 1. The molecule has 1 saturated heterocycles. The van der Waals surface area contributed by atoms with E-state index < -0.39 is 6.10 Å². The van der Waals surface area contributed by atoms with E-state index in [0.29, 0.717) is 6.54 Å². The van der Waals surface area contributed by atoms with E-state index in [-0.39, 0.29) is 5.91 Å². The van der Waals surface area contributed by atoms with Gasteiger partial charge in [0.05, 0.1) is 13.2 Å². The van der Waals surface area contributed by atoms with Crippen LogP contribution in [0, 0.1) is 13.8 Å². The monoisotopic (exact) mass is 320 g/mol. The van der Waals surface area contributed by atoms with Gasteiger partial charge in [0.1, 0.15) is 5.75 Å². The number of ether oxygens (including phenoxy) is 2. The molecule has 1 aromatic carbocycles. The molecule has 5 nitrogen and oxygen atoms in total. The van der Waals surface area contributed by atoms with Gasteiger partial charge in [-0.2, -0.15) is 0 Å². The molecule has 0 aliphatic carbocycles. The summed E-state index contributed by atoms with van der Waals surface area (Å²) in [6.45, 7) is 11.1. The van der Waals surface area contributed by atoms with Gasteiger partial charge in [0.15, 0.2) is 6.10 Å². The fourth-order valence-corrected chi connectivity index (χ4v) is 2.56. The molecule has 0 radical (unpaired) electrons. The molecule has 1 fully saturated rings. The number of morpholine rings is 1. The van der Waals surface area contributed by atoms with Gasteiger partial charge in [-0.25, -0.2) is 0 Å². The molecule has 1 amide bonds. The van der Waals surface area contributed by atoms with E-state index in [1.165, 1.54) is 0 Å². The molecule has 2 rings (SSSR count). The summed E-state index contributed by atoms with van der Waals surface area (Å²) < 4.78 is 11.1. The number of hydrogen-bond acceptors (Lipinski definition) is 4. The third-order valence-corrected chi connectivity index (χ3v) is 4.07. The van der Waals surface area contributed by atoms with Crippen molar-refractivity contribution in [2.75, 3.05) is 39.4 Å². The summed E-state index contributed by atoms with van der Waals surface area (Å²) in [5.74, 6) is 0.717. The first-order valence-corrected chi connectivity index (χ1v) is 8.38. The van der Waals surface area contributed by atoms with Crippen molar-refractivity contribution >= 4 is 5.91 Å². The average Bonchev–Trinajstić information content (AvgIpc) is 2.55. The molecule has 0 spiro atoms. The Morgan fingerprint density at radius 3 is 2.83 bits per heavy atom. The number of hydrogen-bond donors (Lipinski definition) is 1. The first kappa shape index (κ1) is 17.8. The molecule has 0 bridgehead atoms. The maximum atomic E-state index is 12.1. The molecule has 1 aliphatic heterocycles. The number of nitrogens with zero attached hydrogens (tertiary/aromatic N) is 1. The van der Waals surface area contributed by atoms with Crippen LogP contribution in [0.2, 0.25) is 0 Å². The van der Waals surface area contributed by atoms with Crippen molar-refractivity contribution in [2.24, 2.45) is 0 Å². The number of benzene rings is 1. The normalized spacial score (nSPS) is 16.8. The molecule has 23 heavy (non-hydrogen) atoms. The number of nitrogens with one attached hydrogen (secondary N) is 1. The van der Waals surface area contributed by atoms with E-state index in [1.54, 1.807) is 6.92 Å². The van der Waals surface area contributed by atoms with Crippen LogP contribution in [0.1, 0.15) is 24.5 Å². The molecule has 1 heterocycles. The minimum absolute atomic E-state index is 0.0621. The summed E-state index contributed by atoms with van der Waals surface area (Å²) in [6, 6.07) is 6.02. The van der Waals surface area contributed by atoms with Crippen molar-refractivity contribution in [3.63, 3.8) is 0 Å². The molecule has 0 aromatic heterocycles. The summed E-state index contributed by atoms with van der Waals surface area (Å²) in [4.78, 5) is 14.5. The van der Waals surface area contributed by atoms with Crippen LogP contribution < -0.4 is 10.1 Å². The van der Waals surface area contributed by atoms with E-state index in [2.05, 4.69) is 10.2 Å². The highest BCUT2D eigenvalue weighted by Crippen LogP contribution is 2.20. The number of amides is 1. The van der Waals surface area contributed by atoms with Crippen molar-refractivity contribution in [3.8, 4) is 5.75 Å². The zero-order valence-electron chi connectivity index (χ0n) is 14.4. The molecular formula is C18H28N2O3. The van der Waals surface area contributed by atoms with Crippen LogP contribution in [0.3, 0.4) is 0 Å². The summed E-state index contributed by atoms with van der Waals surface area (Å²) in [5, 5.41) is 2.95. The van der Waals surface area contributed by atoms with Crippen molar-refractivity contribution in [1.82, 2.24) is 10.2 Å². The average molecular weight is 320 g/mol. The minimum atomic E-state index is -0.487. The molecule has 1 aliphatic rings. The Kier molecular flexibility index (Phi) is 6.86. The van der Waals surface area contributed by atoms with Crippen LogP contribution in [0.15, 0.2) is 18.2 Å². The number of rotatable bonds is 7. The van der Waals surface area contributed by atoms with Crippen molar-refractivity contribution in [1.29, 1.82) is 0 Å². The van der Waals surface area contributed by atoms with Gasteiger partial charge in [-0.3, -0.25) is 9.69 Å². The molecule has 1 atom stereocenters. The Morgan fingerprint density at radius 2 is 2.09 bits per heavy atom. The van der Waals surface area contributed by atoms with Crippen molar-refractivity contribution < 1.29 is 14.3 Å². The summed E-state index contributed by atoms with van der Waals surface area (Å²) in [5.41, 5.74) is 2.17. The van der Waals surface area contributed by atoms with Gasteiger partial charge in [0.2, 0.25) is 0 Å². The lowest BCUT2D eigenvalue weighted by Gasteiger charge is -2.26. The van der Waals surface area contributed by atoms with Crippen LogP contribution >= 0.6 is 0 Å². The van der Waals surface area contributed by atoms with Gasteiger partial charge < -0.3 is 14.8 Å². The maximum Gasteiger partial charge on any atom is 0.260 e. The second-order valence-corrected chi connectivity index (χ2v) is 6.13. The summed E-state index contributed by atoms with van der Waals surface area (Å²) >= 11 is 0. The lowest BCUT2D eigenvalue weighted by Crippen LogP contribution is -2.40. The lowest BCUT2D eigenvalue weighted by atomic mass is 10.1. The maximum absolute atomic E-state index is 12.1. The van der Waals surface area contributed by atoms with Crippen LogP contribution in [0.4, 0.5) is 0 Å². The van der Waals surface area contributed by atoms with Crippen LogP contribution in [0.5, 0.6) is 5.75 Å². The van der Waals surface area contributed by atoms with E-state index in [1.807, 2.05) is 32.0 Å². The third-order valence-electron chi connectivity index (χ3n) is 4.07. The molecule has 128 valence electrons. The zero-order valence-corrected chi connectivity index (χ0v) is 14.4. The Morgan fingerprint density at radius 1 is 1.35 bits per heavy atom. The predicted molar refractivity (Wildman–Crippen MR) is 90.9 cm³/mol. The standard InChI is InChI=1S/C18H28N2O3/c1-14-5-6-15(2)17(13-14)23-16(3)18(21)19-7-4-8-20-9-11-22-12-10-20/h5-6,13,16H,4,7-12H2,1-3H3,(H,19,21)/t16-/m1/s1. The topological polar surface area (TPSA) is 50.8 Å². The molecule has 0 saturated carbocycles. The van der Waals surface area contributed by atoms with Gasteiger partial charge >= 0.3 is 0 Å². The van der Waals surface area contributed by atoms with Gasteiger partial charge in [-0.05, 0) is 50.9 Å². The van der Waals surface area contributed by atoms with E-state index in [9.17, 15) is 4.79 Å². The SMILES string of the molecule is Cc1ccc(C)c(O[C@H](C)C(=O)NCCCN2CCOCC2)c1. The second kappa shape index (κ2) is 8.89. The third kappa shape index (κ3) is 5.84. The Labute approximate surface area is 139 Å². The highest BCUT2D eigenvalue weighted by Gasteiger charge is 2.15. The fraction of sp³-hybridized carbons (Fsp3) is 0.611. The molecule has 1 aromatic rings. The highest BCUT2D eigenvalue weighted by atomic mass is 16.5. The first-order valence-electron chi connectivity index (χ1n) is 8.38. The predicted octanol–water partition coefficient (Wildman–Crippen LogP) is 1.91. The minimum Gasteiger partial charge on any atom is -0.481 e. The Hall–Kier alpha value is -1.59. The first-order chi connectivity index (χ1) is 11.1. The van der Waals surface area contributed by atoms with Crippen molar-refractivity contribution in [3.05, 3.63) is 29.3 Å². The molecule has 5 heteroatoms. The number of aryl methyl sites for hydroxylation is 2. The summed E-state index contributed by atoms with van der Waals surface area (Å²) in [6.07, 6.45) is 0.459. The Bertz CT molecular complexity index is 513.